The topological polar surface area (TPSA) is 21.6 Å². The van der Waals surface area contributed by atoms with Crippen molar-refractivity contribution in [2.75, 3.05) is 13.2 Å². The number of aliphatic imine (C=N–C) groups is 1. The van der Waals surface area contributed by atoms with Crippen molar-refractivity contribution in [3.8, 4) is 0 Å². The van der Waals surface area contributed by atoms with Crippen LogP contribution in [0.25, 0.3) is 12.2 Å². The average Bonchev–Trinajstić information content (AvgIpc) is 2.69. The Morgan fingerprint density at radius 2 is 1.06 bits per heavy atom. The number of rotatable bonds is 3. The second-order valence-corrected chi connectivity index (χ2v) is 11.1. The van der Waals surface area contributed by atoms with Crippen LogP contribution in [0.5, 0.6) is 0 Å². The predicted octanol–water partition coefficient (Wildman–Crippen LogP) is 7.63. The first-order valence-electron chi connectivity index (χ1n) is 11.7. The summed E-state index contributed by atoms with van der Waals surface area (Å²) < 4.78 is 5.99. The molecule has 0 N–H and O–H groups in total. The first-order valence-corrected chi connectivity index (χ1v) is 11.7. The van der Waals surface area contributed by atoms with Gasteiger partial charge in [0.15, 0.2) is 0 Å². The van der Waals surface area contributed by atoms with E-state index in [2.05, 4.69) is 116 Å². The quantitative estimate of drug-likeness (QED) is 0.491. The van der Waals surface area contributed by atoms with Crippen LogP contribution in [0, 0.1) is 0 Å². The average molecular weight is 430 g/mol. The zero-order valence-electron chi connectivity index (χ0n) is 21.1. The van der Waals surface area contributed by atoms with Crippen molar-refractivity contribution in [2.24, 2.45) is 4.99 Å². The van der Waals surface area contributed by atoms with Crippen molar-refractivity contribution in [1.29, 1.82) is 0 Å². The lowest BCUT2D eigenvalue weighted by atomic mass is 9.86. The van der Waals surface area contributed by atoms with Crippen molar-refractivity contribution in [3.05, 3.63) is 81.9 Å². The zero-order valence-corrected chi connectivity index (χ0v) is 21.1. The molecule has 0 saturated carbocycles. The number of nitrogens with zero attached hydrogens (tertiary/aromatic N) is 1. The molecular weight excluding hydrogens is 390 g/mol. The second-order valence-electron chi connectivity index (χ2n) is 11.1. The van der Waals surface area contributed by atoms with Crippen LogP contribution in [0.15, 0.2) is 64.7 Å². The minimum Gasteiger partial charge on any atom is -0.372 e. The molecule has 170 valence electrons. The Bertz CT molecular complexity index is 927. The molecule has 2 heteroatoms. The highest BCUT2D eigenvalue weighted by Crippen LogP contribution is 2.26. The maximum atomic E-state index is 5.99. The van der Waals surface area contributed by atoms with E-state index < -0.39 is 0 Å². The van der Waals surface area contributed by atoms with Gasteiger partial charge in [0.25, 0.3) is 0 Å². The third-order valence-electron chi connectivity index (χ3n) is 5.75. The maximum Gasteiger partial charge on any atom is 0.0742 e. The second kappa shape index (κ2) is 9.58. The smallest absolute Gasteiger partial charge is 0.0742 e. The SMILES string of the molecule is CC(C)N=C1C(=Cc2ccc(C(C)(C)C)cc2)COCC1=Cc1ccc(C(C)(C)C)cc1. The van der Waals surface area contributed by atoms with Gasteiger partial charge in [-0.3, -0.25) is 4.99 Å². The molecule has 1 aliphatic rings. The van der Waals surface area contributed by atoms with Crippen molar-refractivity contribution < 1.29 is 4.74 Å². The molecule has 1 fully saturated rings. The number of ether oxygens (including phenoxy) is 1. The van der Waals surface area contributed by atoms with E-state index in [1.165, 1.54) is 22.3 Å². The monoisotopic (exact) mass is 429 g/mol. The summed E-state index contributed by atoms with van der Waals surface area (Å²) in [6.07, 6.45) is 4.45. The fourth-order valence-corrected chi connectivity index (χ4v) is 3.82. The fraction of sp³-hybridized carbons (Fsp3) is 0.433. The molecule has 0 radical (unpaired) electrons. The third kappa shape index (κ3) is 6.29. The van der Waals surface area contributed by atoms with Crippen molar-refractivity contribution in [1.82, 2.24) is 0 Å². The van der Waals surface area contributed by atoms with Gasteiger partial charge in [0.05, 0.1) is 18.9 Å². The molecule has 0 atom stereocenters. The van der Waals surface area contributed by atoms with Crippen LogP contribution < -0.4 is 0 Å². The molecule has 3 rings (SSSR count). The van der Waals surface area contributed by atoms with E-state index in [1.54, 1.807) is 0 Å². The molecule has 1 saturated heterocycles. The van der Waals surface area contributed by atoms with Gasteiger partial charge in [-0.2, -0.15) is 0 Å². The van der Waals surface area contributed by atoms with Gasteiger partial charge >= 0.3 is 0 Å². The molecule has 0 amide bonds. The zero-order chi connectivity index (χ0) is 23.5. The summed E-state index contributed by atoms with van der Waals surface area (Å²) in [6, 6.07) is 17.9. The summed E-state index contributed by atoms with van der Waals surface area (Å²) in [7, 11) is 0. The van der Waals surface area contributed by atoms with Crippen LogP contribution in [0.3, 0.4) is 0 Å². The molecule has 32 heavy (non-hydrogen) atoms. The van der Waals surface area contributed by atoms with Crippen LogP contribution in [0.1, 0.15) is 77.6 Å². The van der Waals surface area contributed by atoms with E-state index in [0.717, 1.165) is 16.9 Å². The lowest BCUT2D eigenvalue weighted by molar-refractivity contribution is 0.181. The Balaban J connectivity index is 1.95. The summed E-state index contributed by atoms with van der Waals surface area (Å²) in [4.78, 5) is 5.01. The highest BCUT2D eigenvalue weighted by molar-refractivity contribution is 6.18. The van der Waals surface area contributed by atoms with Gasteiger partial charge in [0.1, 0.15) is 0 Å². The van der Waals surface area contributed by atoms with Gasteiger partial charge in [0, 0.05) is 17.2 Å². The summed E-state index contributed by atoms with van der Waals surface area (Å²) in [6.45, 7) is 18.9. The van der Waals surface area contributed by atoms with Gasteiger partial charge < -0.3 is 4.74 Å². The molecule has 2 aromatic carbocycles. The Hall–Kier alpha value is -2.45. The molecule has 1 aliphatic heterocycles. The number of benzene rings is 2. The molecule has 2 nitrogen and oxygen atoms in total. The summed E-state index contributed by atoms with van der Waals surface area (Å²) in [5.74, 6) is 0. The highest BCUT2D eigenvalue weighted by Gasteiger charge is 2.20. The summed E-state index contributed by atoms with van der Waals surface area (Å²) >= 11 is 0. The Morgan fingerprint density at radius 1 is 0.688 bits per heavy atom. The minimum absolute atomic E-state index is 0.155. The van der Waals surface area contributed by atoms with E-state index in [1.807, 2.05) is 0 Å². The van der Waals surface area contributed by atoms with E-state index in [-0.39, 0.29) is 16.9 Å². The van der Waals surface area contributed by atoms with Gasteiger partial charge in [0.2, 0.25) is 0 Å². The van der Waals surface area contributed by atoms with E-state index >= 15 is 0 Å². The minimum atomic E-state index is 0.155. The first-order chi connectivity index (χ1) is 14.9. The Kier molecular flexibility index (Phi) is 7.25. The van der Waals surface area contributed by atoms with E-state index in [0.29, 0.717) is 13.2 Å². The Morgan fingerprint density at radius 3 is 1.38 bits per heavy atom. The molecule has 2 aromatic rings. The van der Waals surface area contributed by atoms with Crippen LogP contribution in [-0.4, -0.2) is 25.0 Å². The summed E-state index contributed by atoms with van der Waals surface area (Å²) in [5, 5.41) is 0. The van der Waals surface area contributed by atoms with Gasteiger partial charge in [-0.1, -0.05) is 90.1 Å². The molecule has 0 bridgehead atoms. The lowest BCUT2D eigenvalue weighted by Crippen LogP contribution is -2.23. The van der Waals surface area contributed by atoms with Gasteiger partial charge in [-0.25, -0.2) is 0 Å². The standard InChI is InChI=1S/C30H39NO/c1-21(2)31-28-24(17-22-9-13-26(14-10-22)29(3,4)5)19-32-20-25(28)18-23-11-15-27(16-12-23)30(6,7)8/h9-18,21H,19-20H2,1-8H3. The highest BCUT2D eigenvalue weighted by atomic mass is 16.5. The van der Waals surface area contributed by atoms with Crippen LogP contribution in [0.4, 0.5) is 0 Å². The Labute approximate surface area is 195 Å². The third-order valence-corrected chi connectivity index (χ3v) is 5.75. The van der Waals surface area contributed by atoms with Gasteiger partial charge in [-0.05, 0) is 59.1 Å². The summed E-state index contributed by atoms with van der Waals surface area (Å²) in [5.41, 5.74) is 8.73. The number of hydrogen-bond acceptors (Lipinski definition) is 2. The molecule has 0 aliphatic carbocycles. The number of hydrogen-bond donors (Lipinski definition) is 0. The molecule has 0 spiro atoms. The first kappa shape index (κ1) is 24.2. The normalized spacial score (nSPS) is 18.0. The molecule has 1 heterocycles. The molecular formula is C30H39NO. The molecule has 0 unspecified atom stereocenters. The van der Waals surface area contributed by atoms with Gasteiger partial charge in [-0.15, -0.1) is 0 Å². The largest absolute Gasteiger partial charge is 0.372 e. The molecule has 0 aromatic heterocycles. The fourth-order valence-electron chi connectivity index (χ4n) is 3.82. The predicted molar refractivity (Wildman–Crippen MR) is 140 cm³/mol. The van der Waals surface area contributed by atoms with Crippen LogP contribution in [0.2, 0.25) is 0 Å². The van der Waals surface area contributed by atoms with E-state index in [9.17, 15) is 0 Å². The van der Waals surface area contributed by atoms with Crippen LogP contribution >= 0.6 is 0 Å². The van der Waals surface area contributed by atoms with Crippen molar-refractivity contribution in [3.63, 3.8) is 0 Å². The van der Waals surface area contributed by atoms with E-state index in [4.69, 9.17) is 9.73 Å². The lowest BCUT2D eigenvalue weighted by Gasteiger charge is -2.23. The van der Waals surface area contributed by atoms with Crippen LogP contribution in [-0.2, 0) is 15.6 Å². The maximum absolute atomic E-state index is 5.99. The van der Waals surface area contributed by atoms with Crippen molar-refractivity contribution in [2.45, 2.75) is 72.3 Å². The van der Waals surface area contributed by atoms with Crippen molar-refractivity contribution >= 4 is 17.9 Å².